The Labute approximate surface area is 80.2 Å². The van der Waals surface area contributed by atoms with Gasteiger partial charge < -0.3 is 5.32 Å². The lowest BCUT2D eigenvalue weighted by atomic mass is 9.92. The molecule has 0 saturated carbocycles. The third-order valence-electron chi connectivity index (χ3n) is 3.03. The summed E-state index contributed by atoms with van der Waals surface area (Å²) in [6.07, 6.45) is 2.66. The molecule has 1 aromatic rings. The van der Waals surface area contributed by atoms with Crippen LogP contribution in [0.2, 0.25) is 0 Å². The van der Waals surface area contributed by atoms with Crippen LogP contribution in [0.15, 0.2) is 30.3 Å². The Morgan fingerprint density at radius 1 is 1.31 bits per heavy atom. The van der Waals surface area contributed by atoms with Crippen molar-refractivity contribution in [2.24, 2.45) is 0 Å². The van der Waals surface area contributed by atoms with Gasteiger partial charge in [0.15, 0.2) is 0 Å². The summed E-state index contributed by atoms with van der Waals surface area (Å²) in [5.41, 5.74) is 1.46. The molecule has 70 valence electrons. The molecule has 2 rings (SSSR count). The predicted molar refractivity (Wildman–Crippen MR) is 55.9 cm³/mol. The van der Waals surface area contributed by atoms with Crippen molar-refractivity contribution in [1.82, 2.24) is 5.32 Å². The van der Waals surface area contributed by atoms with Crippen LogP contribution in [0.25, 0.3) is 0 Å². The van der Waals surface area contributed by atoms with Gasteiger partial charge in [-0.3, -0.25) is 0 Å². The molecule has 1 aliphatic heterocycles. The SMILES string of the molecule is C[C@H](c1ccccc1)[C@@H]1CCCN1. The Bertz CT molecular complexity index is 249. The standard InChI is InChI=1S/C12H17N/c1-10(12-8-5-9-13-12)11-6-3-2-4-7-11/h2-4,6-7,10,12-13H,5,8-9H2,1H3/t10-,12+/m1/s1. The second kappa shape index (κ2) is 3.93. The van der Waals surface area contributed by atoms with E-state index in [1.165, 1.54) is 24.9 Å². The Balaban J connectivity index is 2.08. The van der Waals surface area contributed by atoms with Crippen LogP contribution >= 0.6 is 0 Å². The summed E-state index contributed by atoms with van der Waals surface area (Å²) in [5.74, 6) is 0.656. The maximum atomic E-state index is 3.55. The number of rotatable bonds is 2. The molecule has 13 heavy (non-hydrogen) atoms. The molecule has 1 heteroatoms. The van der Waals surface area contributed by atoms with Gasteiger partial charge in [-0.25, -0.2) is 0 Å². The fourth-order valence-corrected chi connectivity index (χ4v) is 2.13. The molecular formula is C12H17N. The van der Waals surface area contributed by atoms with Gasteiger partial charge in [0.05, 0.1) is 0 Å². The topological polar surface area (TPSA) is 12.0 Å². The predicted octanol–water partition coefficient (Wildman–Crippen LogP) is 2.54. The van der Waals surface area contributed by atoms with Crippen LogP contribution in [0, 0.1) is 0 Å². The van der Waals surface area contributed by atoms with Crippen molar-refractivity contribution in [3.8, 4) is 0 Å². The Hall–Kier alpha value is -0.820. The lowest BCUT2D eigenvalue weighted by molar-refractivity contribution is 0.517. The number of benzene rings is 1. The van der Waals surface area contributed by atoms with Gasteiger partial charge in [0.25, 0.3) is 0 Å². The molecule has 1 N–H and O–H groups in total. The first-order chi connectivity index (χ1) is 6.38. The van der Waals surface area contributed by atoms with Crippen molar-refractivity contribution in [3.63, 3.8) is 0 Å². The van der Waals surface area contributed by atoms with Crippen molar-refractivity contribution in [3.05, 3.63) is 35.9 Å². The van der Waals surface area contributed by atoms with E-state index in [1.54, 1.807) is 0 Å². The van der Waals surface area contributed by atoms with E-state index in [9.17, 15) is 0 Å². The first kappa shape index (κ1) is 8.76. The normalized spacial score (nSPS) is 24.5. The van der Waals surface area contributed by atoms with E-state index in [0.717, 1.165) is 0 Å². The molecule has 1 aromatic carbocycles. The van der Waals surface area contributed by atoms with Crippen LogP contribution in [0.1, 0.15) is 31.2 Å². The molecular weight excluding hydrogens is 158 g/mol. The second-order valence-corrected chi connectivity index (χ2v) is 3.90. The Kier molecular flexibility index (Phi) is 2.65. The molecule has 1 nitrogen and oxygen atoms in total. The molecule has 0 radical (unpaired) electrons. The molecule has 2 atom stereocenters. The van der Waals surface area contributed by atoms with Gasteiger partial charge in [0.2, 0.25) is 0 Å². The zero-order chi connectivity index (χ0) is 9.10. The first-order valence-electron chi connectivity index (χ1n) is 5.16. The highest BCUT2D eigenvalue weighted by Gasteiger charge is 2.21. The molecule has 1 saturated heterocycles. The highest BCUT2D eigenvalue weighted by Crippen LogP contribution is 2.24. The lowest BCUT2D eigenvalue weighted by Crippen LogP contribution is -2.27. The van der Waals surface area contributed by atoms with Crippen LogP contribution in [0.4, 0.5) is 0 Å². The van der Waals surface area contributed by atoms with E-state index >= 15 is 0 Å². The fraction of sp³-hybridized carbons (Fsp3) is 0.500. The smallest absolute Gasteiger partial charge is 0.0134 e. The van der Waals surface area contributed by atoms with Crippen molar-refractivity contribution in [2.45, 2.75) is 31.7 Å². The maximum Gasteiger partial charge on any atom is 0.0134 e. The van der Waals surface area contributed by atoms with Crippen molar-refractivity contribution in [1.29, 1.82) is 0 Å². The zero-order valence-electron chi connectivity index (χ0n) is 8.16. The molecule has 1 aliphatic rings. The number of hydrogen-bond acceptors (Lipinski definition) is 1. The quantitative estimate of drug-likeness (QED) is 0.728. The fourth-order valence-electron chi connectivity index (χ4n) is 2.13. The summed E-state index contributed by atoms with van der Waals surface area (Å²) in [6.45, 7) is 3.51. The van der Waals surface area contributed by atoms with Gasteiger partial charge in [-0.1, -0.05) is 37.3 Å². The Morgan fingerprint density at radius 3 is 2.69 bits per heavy atom. The summed E-state index contributed by atoms with van der Waals surface area (Å²) >= 11 is 0. The van der Waals surface area contributed by atoms with Crippen LogP contribution in [0.5, 0.6) is 0 Å². The van der Waals surface area contributed by atoms with E-state index in [1.807, 2.05) is 0 Å². The van der Waals surface area contributed by atoms with Crippen molar-refractivity contribution < 1.29 is 0 Å². The third kappa shape index (κ3) is 1.92. The van der Waals surface area contributed by atoms with Crippen LogP contribution < -0.4 is 5.32 Å². The summed E-state index contributed by atoms with van der Waals surface area (Å²) in [4.78, 5) is 0. The molecule has 0 amide bonds. The highest BCUT2D eigenvalue weighted by atomic mass is 14.9. The molecule has 1 fully saturated rings. The highest BCUT2D eigenvalue weighted by molar-refractivity contribution is 5.20. The van der Waals surface area contributed by atoms with Crippen LogP contribution in [-0.4, -0.2) is 12.6 Å². The average molecular weight is 175 g/mol. The molecule has 0 spiro atoms. The van der Waals surface area contributed by atoms with E-state index in [4.69, 9.17) is 0 Å². The van der Waals surface area contributed by atoms with E-state index in [0.29, 0.717) is 12.0 Å². The summed E-state index contributed by atoms with van der Waals surface area (Å²) in [7, 11) is 0. The minimum atomic E-state index is 0.656. The second-order valence-electron chi connectivity index (χ2n) is 3.90. The lowest BCUT2D eigenvalue weighted by Gasteiger charge is -2.19. The van der Waals surface area contributed by atoms with Gasteiger partial charge in [0.1, 0.15) is 0 Å². The molecule has 1 heterocycles. The third-order valence-corrected chi connectivity index (χ3v) is 3.03. The summed E-state index contributed by atoms with van der Waals surface area (Å²) in [5, 5.41) is 3.55. The summed E-state index contributed by atoms with van der Waals surface area (Å²) in [6, 6.07) is 11.5. The average Bonchev–Trinajstić information content (AvgIpc) is 2.71. The van der Waals surface area contributed by atoms with E-state index < -0.39 is 0 Å². The zero-order valence-corrected chi connectivity index (χ0v) is 8.16. The van der Waals surface area contributed by atoms with Gasteiger partial charge in [-0.05, 0) is 30.9 Å². The minimum Gasteiger partial charge on any atom is -0.313 e. The van der Waals surface area contributed by atoms with Crippen molar-refractivity contribution >= 4 is 0 Å². The van der Waals surface area contributed by atoms with Crippen molar-refractivity contribution in [2.75, 3.05) is 6.54 Å². The molecule has 0 bridgehead atoms. The van der Waals surface area contributed by atoms with Gasteiger partial charge in [0, 0.05) is 6.04 Å². The van der Waals surface area contributed by atoms with Crippen LogP contribution in [0.3, 0.4) is 0 Å². The molecule has 0 unspecified atom stereocenters. The monoisotopic (exact) mass is 175 g/mol. The van der Waals surface area contributed by atoms with Crippen LogP contribution in [-0.2, 0) is 0 Å². The number of nitrogens with one attached hydrogen (secondary N) is 1. The summed E-state index contributed by atoms with van der Waals surface area (Å²) < 4.78 is 0. The number of hydrogen-bond donors (Lipinski definition) is 1. The maximum absolute atomic E-state index is 3.55. The molecule has 0 aromatic heterocycles. The minimum absolute atomic E-state index is 0.656. The van der Waals surface area contributed by atoms with E-state index in [2.05, 4.69) is 42.6 Å². The Morgan fingerprint density at radius 2 is 2.08 bits per heavy atom. The van der Waals surface area contributed by atoms with Gasteiger partial charge in [-0.2, -0.15) is 0 Å². The van der Waals surface area contributed by atoms with E-state index in [-0.39, 0.29) is 0 Å². The van der Waals surface area contributed by atoms with Gasteiger partial charge >= 0.3 is 0 Å². The largest absolute Gasteiger partial charge is 0.313 e. The van der Waals surface area contributed by atoms with Gasteiger partial charge in [-0.15, -0.1) is 0 Å². The first-order valence-corrected chi connectivity index (χ1v) is 5.16. The molecule has 0 aliphatic carbocycles.